The lowest BCUT2D eigenvalue weighted by molar-refractivity contribution is 1.10. The maximum Gasteiger partial charge on any atom is 0.0315 e. The molecule has 0 radical (unpaired) electrons. The lowest BCUT2D eigenvalue weighted by atomic mass is 10.1. The highest BCUT2D eigenvalue weighted by Gasteiger charge is 2.04. The molecule has 0 aliphatic rings. The summed E-state index contributed by atoms with van der Waals surface area (Å²) in [6, 6.07) is 0. The molecule has 90 valence electrons. The van der Waals surface area contributed by atoms with Crippen molar-refractivity contribution in [2.24, 2.45) is 0 Å². The molecule has 0 aromatic heterocycles. The highest BCUT2D eigenvalue weighted by atomic mass is 79.9. The molecule has 0 aliphatic heterocycles. The quantitative estimate of drug-likeness (QED) is 0.496. The fourth-order valence-electron chi connectivity index (χ4n) is 0.972. The lowest BCUT2D eigenvalue weighted by Gasteiger charge is -2.06. The Balaban J connectivity index is 5.24. The van der Waals surface area contributed by atoms with E-state index in [4.69, 9.17) is 5.41 Å². The van der Waals surface area contributed by atoms with Crippen LogP contribution in [0.1, 0.15) is 41.0 Å². The van der Waals surface area contributed by atoms with E-state index < -0.39 is 0 Å². The van der Waals surface area contributed by atoms with Gasteiger partial charge in [-0.1, -0.05) is 44.4 Å². The number of rotatable bonds is 4. The molecule has 0 heterocycles. The zero-order valence-electron chi connectivity index (χ0n) is 10.5. The topological polar surface area (TPSA) is 23.9 Å². The average Bonchev–Trinajstić information content (AvgIpc) is 2.25. The smallest absolute Gasteiger partial charge is 0.0315 e. The van der Waals surface area contributed by atoms with Gasteiger partial charge in [-0.15, -0.1) is 0 Å². The van der Waals surface area contributed by atoms with Crippen LogP contribution in [0.3, 0.4) is 0 Å². The van der Waals surface area contributed by atoms with Crippen LogP contribution in [0.4, 0.5) is 0 Å². The summed E-state index contributed by atoms with van der Waals surface area (Å²) in [5.41, 5.74) is 4.04. The SMILES string of the molecule is CC\C(C)=C(Br)/C=C(Br)\C(C)=C(/C)C(C)=N. The summed E-state index contributed by atoms with van der Waals surface area (Å²) >= 11 is 7.11. The minimum absolute atomic E-state index is 0.607. The zero-order chi connectivity index (χ0) is 12.9. The largest absolute Gasteiger partial charge is 0.305 e. The maximum atomic E-state index is 7.60. The molecule has 0 bridgehead atoms. The highest BCUT2D eigenvalue weighted by Crippen LogP contribution is 2.26. The van der Waals surface area contributed by atoms with E-state index in [1.54, 1.807) is 6.92 Å². The fourth-order valence-corrected chi connectivity index (χ4v) is 2.31. The first-order chi connectivity index (χ1) is 7.31. The van der Waals surface area contributed by atoms with Crippen molar-refractivity contribution >= 4 is 37.6 Å². The first-order valence-corrected chi connectivity index (χ1v) is 6.85. The van der Waals surface area contributed by atoms with Gasteiger partial charge in [0.2, 0.25) is 0 Å². The molecule has 1 nitrogen and oxygen atoms in total. The molecule has 1 N–H and O–H groups in total. The Bertz CT molecular complexity index is 373. The van der Waals surface area contributed by atoms with Crippen molar-refractivity contribution in [1.82, 2.24) is 0 Å². The number of hydrogen-bond donors (Lipinski definition) is 1. The van der Waals surface area contributed by atoms with Gasteiger partial charge in [-0.3, -0.25) is 0 Å². The van der Waals surface area contributed by atoms with Gasteiger partial charge in [0.25, 0.3) is 0 Å². The Morgan fingerprint density at radius 3 is 1.94 bits per heavy atom. The maximum absolute atomic E-state index is 7.60. The molecule has 3 heteroatoms. The van der Waals surface area contributed by atoms with Crippen LogP contribution in [0.2, 0.25) is 0 Å². The van der Waals surface area contributed by atoms with Crippen LogP contribution in [0, 0.1) is 5.41 Å². The van der Waals surface area contributed by atoms with E-state index in [-0.39, 0.29) is 0 Å². The Morgan fingerprint density at radius 1 is 1.06 bits per heavy atom. The van der Waals surface area contributed by atoms with Gasteiger partial charge in [-0.25, -0.2) is 0 Å². The molecule has 0 atom stereocenters. The van der Waals surface area contributed by atoms with E-state index in [1.165, 1.54) is 5.57 Å². The van der Waals surface area contributed by atoms with Gasteiger partial charge < -0.3 is 5.41 Å². The summed E-state index contributed by atoms with van der Waals surface area (Å²) in [4.78, 5) is 0. The van der Waals surface area contributed by atoms with E-state index in [0.717, 1.165) is 26.5 Å². The van der Waals surface area contributed by atoms with Gasteiger partial charge in [-0.05, 0) is 51.3 Å². The molecule has 0 saturated carbocycles. The molecule has 0 aromatic carbocycles. The second kappa shape index (κ2) is 7.23. The van der Waals surface area contributed by atoms with Crippen LogP contribution in [0.25, 0.3) is 0 Å². The normalized spacial score (nSPS) is 15.6. The Kier molecular flexibility index (Phi) is 7.16. The van der Waals surface area contributed by atoms with Crippen molar-refractivity contribution in [2.45, 2.75) is 41.0 Å². The van der Waals surface area contributed by atoms with Gasteiger partial charge in [0.1, 0.15) is 0 Å². The molecule has 0 amide bonds. The summed E-state index contributed by atoms with van der Waals surface area (Å²) in [5.74, 6) is 0. The predicted molar refractivity (Wildman–Crippen MR) is 80.7 cm³/mol. The van der Waals surface area contributed by atoms with Crippen molar-refractivity contribution in [3.63, 3.8) is 0 Å². The summed E-state index contributed by atoms with van der Waals surface area (Å²) in [7, 11) is 0. The minimum atomic E-state index is 0.607. The highest BCUT2D eigenvalue weighted by molar-refractivity contribution is 9.12. The summed E-state index contributed by atoms with van der Waals surface area (Å²) < 4.78 is 2.13. The van der Waals surface area contributed by atoms with E-state index in [1.807, 2.05) is 13.8 Å². The van der Waals surface area contributed by atoms with Crippen LogP contribution in [-0.2, 0) is 0 Å². The van der Waals surface area contributed by atoms with Crippen molar-refractivity contribution in [2.75, 3.05) is 0 Å². The first kappa shape index (κ1) is 15.9. The third-order valence-electron chi connectivity index (χ3n) is 2.67. The molecular formula is C13H19Br2N. The average molecular weight is 349 g/mol. The Morgan fingerprint density at radius 2 is 1.56 bits per heavy atom. The predicted octanol–water partition coefficient (Wildman–Crippen LogP) is 5.72. The Labute approximate surface area is 115 Å². The molecule has 0 aliphatic carbocycles. The summed E-state index contributed by atoms with van der Waals surface area (Å²) in [5, 5.41) is 7.60. The van der Waals surface area contributed by atoms with E-state index in [0.29, 0.717) is 5.71 Å². The van der Waals surface area contributed by atoms with Crippen LogP contribution < -0.4 is 0 Å². The van der Waals surface area contributed by atoms with Crippen molar-refractivity contribution < 1.29 is 0 Å². The van der Waals surface area contributed by atoms with Gasteiger partial charge in [0.05, 0.1) is 0 Å². The van der Waals surface area contributed by atoms with Crippen LogP contribution in [0.15, 0.2) is 31.8 Å². The molecule has 16 heavy (non-hydrogen) atoms. The molecule has 0 fully saturated rings. The summed E-state index contributed by atoms with van der Waals surface area (Å²) in [6.45, 7) is 10.0. The van der Waals surface area contributed by atoms with Crippen LogP contribution >= 0.6 is 31.9 Å². The Hall–Kier alpha value is -0.150. The van der Waals surface area contributed by atoms with E-state index in [9.17, 15) is 0 Å². The molecular weight excluding hydrogens is 330 g/mol. The molecule has 0 saturated heterocycles. The molecule has 0 unspecified atom stereocenters. The number of hydrogen-bond acceptors (Lipinski definition) is 1. The standard InChI is InChI=1S/C13H19Br2N/c1-6-8(2)12(14)7-13(15)10(4)9(3)11(5)16/h7,16H,6H2,1-5H3/b10-9+,12-8+,13-7+,16-11?. The van der Waals surface area contributed by atoms with Gasteiger partial charge in [0.15, 0.2) is 0 Å². The van der Waals surface area contributed by atoms with Crippen LogP contribution in [0.5, 0.6) is 0 Å². The minimum Gasteiger partial charge on any atom is -0.305 e. The second-order valence-corrected chi connectivity index (χ2v) is 5.56. The van der Waals surface area contributed by atoms with Crippen molar-refractivity contribution in [3.8, 4) is 0 Å². The molecule has 0 rings (SSSR count). The third kappa shape index (κ3) is 4.79. The fraction of sp³-hybridized carbons (Fsp3) is 0.462. The van der Waals surface area contributed by atoms with E-state index >= 15 is 0 Å². The number of allylic oxidation sites excluding steroid dienone is 6. The molecule has 0 spiro atoms. The molecule has 0 aromatic rings. The van der Waals surface area contributed by atoms with Gasteiger partial charge >= 0.3 is 0 Å². The summed E-state index contributed by atoms with van der Waals surface area (Å²) in [6.07, 6.45) is 3.09. The number of nitrogens with one attached hydrogen (secondary N) is 1. The number of halogens is 2. The van der Waals surface area contributed by atoms with Gasteiger partial charge in [-0.2, -0.15) is 0 Å². The van der Waals surface area contributed by atoms with Crippen molar-refractivity contribution in [3.05, 3.63) is 31.8 Å². The third-order valence-corrected chi connectivity index (χ3v) is 4.40. The monoisotopic (exact) mass is 347 g/mol. The zero-order valence-corrected chi connectivity index (χ0v) is 13.7. The van der Waals surface area contributed by atoms with Crippen molar-refractivity contribution in [1.29, 1.82) is 5.41 Å². The van der Waals surface area contributed by atoms with Crippen LogP contribution in [-0.4, -0.2) is 5.71 Å². The van der Waals surface area contributed by atoms with Gasteiger partial charge in [0, 0.05) is 14.7 Å². The van der Waals surface area contributed by atoms with E-state index in [2.05, 4.69) is 51.8 Å². The lowest BCUT2D eigenvalue weighted by Crippen LogP contribution is -1.95. The second-order valence-electron chi connectivity index (χ2n) is 3.85. The first-order valence-electron chi connectivity index (χ1n) is 5.27.